The zero-order valence-corrected chi connectivity index (χ0v) is 12.9. The number of aromatic nitrogens is 1. The summed E-state index contributed by atoms with van der Waals surface area (Å²) in [5.74, 6) is 0.286. The van der Waals surface area contributed by atoms with Gasteiger partial charge in [0.25, 0.3) is 0 Å². The number of hydrogen-bond acceptors (Lipinski definition) is 1. The molecular formula is C17H31NO. The average Bonchev–Trinajstić information content (AvgIpc) is 2.85. The van der Waals surface area contributed by atoms with Crippen LogP contribution in [-0.2, 0) is 6.54 Å². The van der Waals surface area contributed by atoms with Crippen LogP contribution in [0, 0.1) is 5.92 Å². The van der Waals surface area contributed by atoms with Gasteiger partial charge in [-0.15, -0.1) is 0 Å². The van der Waals surface area contributed by atoms with Gasteiger partial charge in [0.05, 0.1) is 6.10 Å². The predicted molar refractivity (Wildman–Crippen MR) is 82.2 cm³/mol. The van der Waals surface area contributed by atoms with Crippen molar-refractivity contribution >= 4 is 0 Å². The second kappa shape index (κ2) is 9.19. The Morgan fingerprint density at radius 1 is 1.05 bits per heavy atom. The SMILES string of the molecule is CCCCCCCCCn1ccc(C(O)C(C)C)c1. The molecule has 0 aromatic carbocycles. The van der Waals surface area contributed by atoms with Gasteiger partial charge in [0.1, 0.15) is 0 Å². The zero-order chi connectivity index (χ0) is 14.1. The van der Waals surface area contributed by atoms with E-state index in [0.717, 1.165) is 12.1 Å². The summed E-state index contributed by atoms with van der Waals surface area (Å²) >= 11 is 0. The van der Waals surface area contributed by atoms with Gasteiger partial charge in [-0.1, -0.05) is 59.3 Å². The molecule has 19 heavy (non-hydrogen) atoms. The van der Waals surface area contributed by atoms with Crippen LogP contribution in [0.1, 0.15) is 77.4 Å². The van der Waals surface area contributed by atoms with Crippen molar-refractivity contribution in [2.24, 2.45) is 5.92 Å². The van der Waals surface area contributed by atoms with Crippen LogP contribution in [0.15, 0.2) is 18.5 Å². The molecule has 0 spiro atoms. The highest BCUT2D eigenvalue weighted by molar-refractivity contribution is 5.13. The topological polar surface area (TPSA) is 25.2 Å². The van der Waals surface area contributed by atoms with E-state index in [0.29, 0.717) is 0 Å². The Morgan fingerprint density at radius 3 is 2.32 bits per heavy atom. The summed E-state index contributed by atoms with van der Waals surface area (Å²) in [4.78, 5) is 0. The van der Waals surface area contributed by atoms with E-state index in [-0.39, 0.29) is 12.0 Å². The third-order valence-electron chi connectivity index (χ3n) is 3.77. The van der Waals surface area contributed by atoms with Gasteiger partial charge in [-0.3, -0.25) is 0 Å². The van der Waals surface area contributed by atoms with Gasteiger partial charge in [0.15, 0.2) is 0 Å². The Labute approximate surface area is 118 Å². The quantitative estimate of drug-likeness (QED) is 0.596. The van der Waals surface area contributed by atoms with Crippen LogP contribution in [0.25, 0.3) is 0 Å². The van der Waals surface area contributed by atoms with E-state index in [2.05, 4.69) is 37.7 Å². The number of unbranched alkanes of at least 4 members (excludes halogenated alkanes) is 6. The third kappa shape index (κ3) is 6.29. The minimum Gasteiger partial charge on any atom is -0.388 e. The Balaban J connectivity index is 2.16. The minimum atomic E-state index is -0.324. The summed E-state index contributed by atoms with van der Waals surface area (Å²) in [5, 5.41) is 9.99. The van der Waals surface area contributed by atoms with Crippen molar-refractivity contribution in [3.63, 3.8) is 0 Å². The first-order valence-electron chi connectivity index (χ1n) is 7.99. The maximum Gasteiger partial charge on any atom is 0.0827 e. The molecule has 1 N–H and O–H groups in total. The van der Waals surface area contributed by atoms with Gasteiger partial charge in [-0.2, -0.15) is 0 Å². The van der Waals surface area contributed by atoms with Crippen LogP contribution >= 0.6 is 0 Å². The molecule has 0 saturated heterocycles. The fraction of sp³-hybridized carbons (Fsp3) is 0.765. The fourth-order valence-corrected chi connectivity index (χ4v) is 2.41. The molecule has 0 bridgehead atoms. The Hall–Kier alpha value is -0.760. The maximum atomic E-state index is 9.99. The van der Waals surface area contributed by atoms with Gasteiger partial charge < -0.3 is 9.67 Å². The highest BCUT2D eigenvalue weighted by Gasteiger charge is 2.12. The highest BCUT2D eigenvalue weighted by atomic mass is 16.3. The van der Waals surface area contributed by atoms with Gasteiger partial charge in [-0.25, -0.2) is 0 Å². The second-order valence-corrected chi connectivity index (χ2v) is 5.99. The van der Waals surface area contributed by atoms with Crippen LogP contribution in [-0.4, -0.2) is 9.67 Å². The van der Waals surface area contributed by atoms with Crippen molar-refractivity contribution in [1.82, 2.24) is 4.57 Å². The van der Waals surface area contributed by atoms with Crippen LogP contribution in [0.2, 0.25) is 0 Å². The molecule has 0 saturated carbocycles. The third-order valence-corrected chi connectivity index (χ3v) is 3.77. The predicted octanol–water partition coefficient (Wildman–Crippen LogP) is 4.93. The monoisotopic (exact) mass is 265 g/mol. The first-order chi connectivity index (χ1) is 9.15. The molecular weight excluding hydrogens is 234 g/mol. The first-order valence-corrected chi connectivity index (χ1v) is 7.99. The van der Waals surface area contributed by atoms with Gasteiger partial charge in [0.2, 0.25) is 0 Å². The zero-order valence-electron chi connectivity index (χ0n) is 12.9. The largest absolute Gasteiger partial charge is 0.388 e. The summed E-state index contributed by atoms with van der Waals surface area (Å²) < 4.78 is 2.22. The highest BCUT2D eigenvalue weighted by Crippen LogP contribution is 2.21. The summed E-state index contributed by atoms with van der Waals surface area (Å²) in [7, 11) is 0. The molecule has 0 aliphatic rings. The standard InChI is InChI=1S/C17H31NO/c1-4-5-6-7-8-9-10-12-18-13-11-16(14-18)17(19)15(2)3/h11,13-15,17,19H,4-10,12H2,1-3H3. The molecule has 1 aromatic rings. The van der Waals surface area contributed by atoms with Crippen LogP contribution in [0.3, 0.4) is 0 Å². The molecule has 0 amide bonds. The Kier molecular flexibility index (Phi) is 7.88. The molecule has 110 valence electrons. The van der Waals surface area contributed by atoms with E-state index < -0.39 is 0 Å². The second-order valence-electron chi connectivity index (χ2n) is 5.99. The molecule has 1 aromatic heterocycles. The molecule has 1 atom stereocenters. The summed E-state index contributed by atoms with van der Waals surface area (Å²) in [6.07, 6.45) is 13.3. The number of aryl methyl sites for hydroxylation is 1. The van der Waals surface area contributed by atoms with Crippen molar-refractivity contribution in [3.05, 3.63) is 24.0 Å². The van der Waals surface area contributed by atoms with Crippen molar-refractivity contribution in [1.29, 1.82) is 0 Å². The molecule has 0 aliphatic heterocycles. The number of aliphatic hydroxyl groups is 1. The molecule has 1 heterocycles. The maximum absolute atomic E-state index is 9.99. The van der Waals surface area contributed by atoms with Crippen molar-refractivity contribution in [3.8, 4) is 0 Å². The summed E-state index contributed by atoms with van der Waals surface area (Å²) in [5.41, 5.74) is 1.05. The van der Waals surface area contributed by atoms with Gasteiger partial charge in [0, 0.05) is 18.9 Å². The fourth-order valence-electron chi connectivity index (χ4n) is 2.41. The smallest absolute Gasteiger partial charge is 0.0827 e. The molecule has 0 fully saturated rings. The Bertz CT molecular complexity index is 330. The number of hydrogen-bond donors (Lipinski definition) is 1. The van der Waals surface area contributed by atoms with E-state index in [1.54, 1.807) is 0 Å². The lowest BCUT2D eigenvalue weighted by Gasteiger charge is -2.12. The molecule has 1 rings (SSSR count). The van der Waals surface area contributed by atoms with E-state index in [4.69, 9.17) is 0 Å². The molecule has 0 aliphatic carbocycles. The van der Waals surface area contributed by atoms with Crippen LogP contribution < -0.4 is 0 Å². The van der Waals surface area contributed by atoms with Crippen molar-refractivity contribution in [2.45, 2.75) is 78.4 Å². The van der Waals surface area contributed by atoms with Crippen molar-refractivity contribution < 1.29 is 5.11 Å². The molecule has 0 radical (unpaired) electrons. The lowest BCUT2D eigenvalue weighted by atomic mass is 10.0. The molecule has 2 nitrogen and oxygen atoms in total. The normalized spacial score (nSPS) is 13.1. The lowest BCUT2D eigenvalue weighted by molar-refractivity contribution is 0.127. The van der Waals surface area contributed by atoms with E-state index in [1.807, 2.05) is 6.07 Å². The molecule has 2 heteroatoms. The minimum absolute atomic E-state index is 0.286. The van der Waals surface area contributed by atoms with Gasteiger partial charge >= 0.3 is 0 Å². The lowest BCUT2D eigenvalue weighted by Crippen LogP contribution is -2.04. The average molecular weight is 265 g/mol. The summed E-state index contributed by atoms with van der Waals surface area (Å²) in [6.45, 7) is 7.45. The first kappa shape index (κ1) is 16.3. The Morgan fingerprint density at radius 2 is 1.68 bits per heavy atom. The van der Waals surface area contributed by atoms with Crippen molar-refractivity contribution in [2.75, 3.05) is 0 Å². The van der Waals surface area contributed by atoms with E-state index in [1.165, 1.54) is 44.9 Å². The van der Waals surface area contributed by atoms with E-state index in [9.17, 15) is 5.11 Å². The molecule has 1 unspecified atom stereocenters. The number of aliphatic hydroxyl groups excluding tert-OH is 1. The van der Waals surface area contributed by atoms with Gasteiger partial charge in [-0.05, 0) is 24.0 Å². The van der Waals surface area contributed by atoms with Crippen LogP contribution in [0.5, 0.6) is 0 Å². The van der Waals surface area contributed by atoms with Crippen LogP contribution in [0.4, 0.5) is 0 Å². The number of nitrogens with zero attached hydrogens (tertiary/aromatic N) is 1. The summed E-state index contributed by atoms with van der Waals surface area (Å²) in [6, 6.07) is 2.05. The number of rotatable bonds is 10. The van der Waals surface area contributed by atoms with E-state index >= 15 is 0 Å².